The maximum Gasteiger partial charge on any atom is 0.387 e. The van der Waals surface area contributed by atoms with E-state index in [1.165, 1.54) is 37.6 Å². The van der Waals surface area contributed by atoms with Crippen LogP contribution >= 0.6 is 11.6 Å². The molecule has 1 aromatic heterocycles. The van der Waals surface area contributed by atoms with Crippen molar-refractivity contribution >= 4 is 23.5 Å². The highest BCUT2D eigenvalue weighted by atomic mass is 35.5. The topological polar surface area (TPSA) is 65.4 Å². The summed E-state index contributed by atoms with van der Waals surface area (Å²) in [7, 11) is 1.27. The number of halogens is 5. The van der Waals surface area contributed by atoms with E-state index in [9.17, 15) is 22.4 Å². The molecule has 1 N–H and O–H groups in total. The summed E-state index contributed by atoms with van der Waals surface area (Å²) in [5, 5.41) is 2.91. The third-order valence-electron chi connectivity index (χ3n) is 4.86. The molecule has 0 unspecified atom stereocenters. The highest BCUT2D eigenvalue weighted by Gasteiger charge is 2.21. The van der Waals surface area contributed by atoms with Crippen molar-refractivity contribution < 1.29 is 31.8 Å². The first-order valence-corrected chi connectivity index (χ1v) is 10.4. The lowest BCUT2D eigenvalue weighted by atomic mass is 10.2. The Morgan fingerprint density at radius 2 is 1.71 bits per heavy atom. The summed E-state index contributed by atoms with van der Waals surface area (Å²) in [5.41, 5.74) is 0.386. The Hall–Kier alpha value is -4.05. The van der Waals surface area contributed by atoms with Gasteiger partial charge >= 0.3 is 6.61 Å². The molecule has 35 heavy (non-hydrogen) atoms. The number of aromatic nitrogens is 2. The van der Waals surface area contributed by atoms with Gasteiger partial charge in [0.15, 0.2) is 11.6 Å². The maximum absolute atomic E-state index is 14.9. The number of carbonyl (C=O) groups is 1. The first-order valence-electron chi connectivity index (χ1n) is 10.00. The molecule has 0 atom stereocenters. The minimum atomic E-state index is -3.01. The molecule has 0 saturated carbocycles. The third-order valence-corrected chi connectivity index (χ3v) is 5.10. The molecule has 0 bridgehead atoms. The summed E-state index contributed by atoms with van der Waals surface area (Å²) in [4.78, 5) is 17.1. The molecule has 180 valence electrons. The van der Waals surface area contributed by atoms with Crippen LogP contribution in [0.3, 0.4) is 0 Å². The van der Waals surface area contributed by atoms with Crippen LogP contribution in [0.1, 0.15) is 10.4 Å². The quantitative estimate of drug-likeness (QED) is 0.298. The van der Waals surface area contributed by atoms with Gasteiger partial charge in [-0.15, -0.1) is 0 Å². The van der Waals surface area contributed by atoms with Crippen molar-refractivity contribution in [1.82, 2.24) is 9.55 Å². The zero-order chi connectivity index (χ0) is 25.1. The molecule has 3 aromatic carbocycles. The normalized spacial score (nSPS) is 10.9. The van der Waals surface area contributed by atoms with Crippen molar-refractivity contribution in [2.24, 2.45) is 0 Å². The fourth-order valence-electron chi connectivity index (χ4n) is 3.28. The second kappa shape index (κ2) is 10.1. The Labute approximate surface area is 201 Å². The SMILES string of the molecule is COc1cc(F)c(-n2cc(-c3cccc(Cl)c3)nc2NC(=O)c2ccc(OC(F)F)cc2)c(F)c1. The van der Waals surface area contributed by atoms with Crippen molar-refractivity contribution in [1.29, 1.82) is 0 Å². The van der Waals surface area contributed by atoms with Gasteiger partial charge in [-0.1, -0.05) is 23.7 Å². The smallest absolute Gasteiger partial charge is 0.387 e. The second-order valence-electron chi connectivity index (χ2n) is 7.13. The lowest BCUT2D eigenvalue weighted by molar-refractivity contribution is -0.0498. The van der Waals surface area contributed by atoms with Crippen LogP contribution in [-0.2, 0) is 0 Å². The molecule has 0 fully saturated rings. The van der Waals surface area contributed by atoms with Gasteiger partial charge in [-0.25, -0.2) is 13.8 Å². The van der Waals surface area contributed by atoms with E-state index in [0.717, 1.165) is 16.7 Å². The number of benzene rings is 3. The standard InChI is InChI=1S/C24H16ClF4N3O3/c1-34-17-10-18(26)21(19(27)11-17)32-12-20(14-3-2-4-15(25)9-14)30-24(32)31-22(33)13-5-7-16(8-6-13)35-23(28)29/h2-12,23H,1H3,(H,30,31,33). The van der Waals surface area contributed by atoms with E-state index in [2.05, 4.69) is 15.0 Å². The molecule has 0 aliphatic heterocycles. The first-order chi connectivity index (χ1) is 16.7. The van der Waals surface area contributed by atoms with Crippen LogP contribution in [0, 0.1) is 11.6 Å². The van der Waals surface area contributed by atoms with E-state index in [1.54, 1.807) is 24.3 Å². The Balaban J connectivity index is 1.75. The van der Waals surface area contributed by atoms with Crippen LogP contribution in [0.25, 0.3) is 16.9 Å². The molecule has 1 heterocycles. The monoisotopic (exact) mass is 505 g/mol. The summed E-state index contributed by atoms with van der Waals surface area (Å²) in [6, 6.07) is 13.5. The zero-order valence-electron chi connectivity index (χ0n) is 17.9. The molecular weight excluding hydrogens is 490 g/mol. The van der Waals surface area contributed by atoms with E-state index in [-0.39, 0.29) is 28.7 Å². The van der Waals surface area contributed by atoms with Gasteiger partial charge in [0.25, 0.3) is 5.91 Å². The van der Waals surface area contributed by atoms with Crippen molar-refractivity contribution in [2.75, 3.05) is 12.4 Å². The Kier molecular flexibility index (Phi) is 6.92. The number of nitrogens with zero attached hydrogens (tertiary/aromatic N) is 2. The van der Waals surface area contributed by atoms with Crippen molar-refractivity contribution in [3.8, 4) is 28.4 Å². The highest BCUT2D eigenvalue weighted by Crippen LogP contribution is 2.30. The average Bonchev–Trinajstić information content (AvgIpc) is 3.21. The molecule has 11 heteroatoms. The van der Waals surface area contributed by atoms with Gasteiger partial charge in [0.05, 0.1) is 12.8 Å². The van der Waals surface area contributed by atoms with E-state index >= 15 is 0 Å². The fourth-order valence-corrected chi connectivity index (χ4v) is 3.47. The van der Waals surface area contributed by atoms with Gasteiger partial charge in [-0.2, -0.15) is 8.78 Å². The Morgan fingerprint density at radius 3 is 2.31 bits per heavy atom. The number of anilines is 1. The lowest BCUT2D eigenvalue weighted by Crippen LogP contribution is -2.16. The number of alkyl halides is 2. The molecule has 0 aliphatic rings. The summed E-state index contributed by atoms with van der Waals surface area (Å²) in [5.74, 6) is -2.98. The van der Waals surface area contributed by atoms with Crippen molar-refractivity contribution in [2.45, 2.75) is 6.61 Å². The third kappa shape index (κ3) is 5.38. The van der Waals surface area contributed by atoms with Crippen LogP contribution in [0.5, 0.6) is 11.5 Å². The molecule has 0 saturated heterocycles. The van der Waals surface area contributed by atoms with E-state index in [1.807, 2.05) is 0 Å². The lowest BCUT2D eigenvalue weighted by Gasteiger charge is -2.12. The van der Waals surface area contributed by atoms with E-state index in [4.69, 9.17) is 16.3 Å². The number of carbonyl (C=O) groups excluding carboxylic acids is 1. The number of hydrogen-bond donors (Lipinski definition) is 1. The van der Waals surface area contributed by atoms with Gasteiger partial charge in [0.1, 0.15) is 17.2 Å². The number of imidazole rings is 1. The summed E-state index contributed by atoms with van der Waals surface area (Å²) in [6.45, 7) is -3.01. The van der Waals surface area contributed by atoms with E-state index < -0.39 is 29.8 Å². The molecule has 6 nitrogen and oxygen atoms in total. The minimum Gasteiger partial charge on any atom is -0.497 e. The number of amides is 1. The summed E-state index contributed by atoms with van der Waals surface area (Å²) in [6.07, 6.45) is 1.34. The van der Waals surface area contributed by atoms with Gasteiger partial charge in [0.2, 0.25) is 5.95 Å². The number of rotatable bonds is 7. The Morgan fingerprint density at radius 1 is 1.03 bits per heavy atom. The Bertz CT molecular complexity index is 1350. The number of nitrogens with one attached hydrogen (secondary N) is 1. The number of ether oxygens (including phenoxy) is 2. The van der Waals surface area contributed by atoms with Crippen molar-refractivity contribution in [3.63, 3.8) is 0 Å². The van der Waals surface area contributed by atoms with Crippen LogP contribution in [0.4, 0.5) is 23.5 Å². The zero-order valence-corrected chi connectivity index (χ0v) is 18.7. The van der Waals surface area contributed by atoms with Crippen LogP contribution in [-0.4, -0.2) is 29.2 Å². The van der Waals surface area contributed by atoms with Crippen LogP contribution < -0.4 is 14.8 Å². The van der Waals surface area contributed by atoms with Gasteiger partial charge in [-0.05, 0) is 36.4 Å². The molecule has 1 amide bonds. The van der Waals surface area contributed by atoms with Gasteiger partial charge in [-0.3, -0.25) is 14.7 Å². The highest BCUT2D eigenvalue weighted by molar-refractivity contribution is 6.30. The first kappa shape index (κ1) is 24.1. The predicted molar refractivity (Wildman–Crippen MR) is 122 cm³/mol. The summed E-state index contributed by atoms with van der Waals surface area (Å²) < 4.78 is 64.7. The molecule has 0 aliphatic carbocycles. The average molecular weight is 506 g/mol. The van der Waals surface area contributed by atoms with E-state index in [0.29, 0.717) is 10.6 Å². The minimum absolute atomic E-state index is 0.0318. The van der Waals surface area contributed by atoms with Crippen LogP contribution in [0.2, 0.25) is 5.02 Å². The molecule has 0 radical (unpaired) electrons. The molecule has 4 rings (SSSR count). The fraction of sp³-hybridized carbons (Fsp3) is 0.0833. The second-order valence-corrected chi connectivity index (χ2v) is 7.56. The number of methoxy groups -OCH3 is 1. The summed E-state index contributed by atoms with van der Waals surface area (Å²) >= 11 is 6.06. The number of hydrogen-bond acceptors (Lipinski definition) is 4. The largest absolute Gasteiger partial charge is 0.497 e. The van der Waals surface area contributed by atoms with Gasteiger partial charge < -0.3 is 9.47 Å². The van der Waals surface area contributed by atoms with Crippen LogP contribution in [0.15, 0.2) is 66.9 Å². The molecule has 4 aromatic rings. The van der Waals surface area contributed by atoms with Gasteiger partial charge in [0, 0.05) is 34.5 Å². The maximum atomic E-state index is 14.9. The predicted octanol–water partition coefficient (Wildman–Crippen LogP) is 6.33. The molecular formula is C24H16ClF4N3O3. The van der Waals surface area contributed by atoms with Crippen molar-refractivity contribution in [3.05, 3.63) is 89.1 Å². The molecule has 0 spiro atoms.